The van der Waals surface area contributed by atoms with Crippen LogP contribution in [0.1, 0.15) is 40.0 Å². The zero-order valence-corrected chi connectivity index (χ0v) is 14.3. The number of ether oxygens (including phenoxy) is 1. The van der Waals surface area contributed by atoms with E-state index in [-0.39, 0.29) is 5.91 Å². The SMILES string of the molecule is CSCCNC(=O)C(CCCCN)NC(=O)OC(C)(C)C. The van der Waals surface area contributed by atoms with Crippen LogP contribution in [0.4, 0.5) is 4.79 Å². The molecule has 6 nitrogen and oxygen atoms in total. The summed E-state index contributed by atoms with van der Waals surface area (Å²) in [5.74, 6) is 0.667. The van der Waals surface area contributed by atoms with Gasteiger partial charge in [0.1, 0.15) is 11.6 Å². The molecule has 2 amide bonds. The van der Waals surface area contributed by atoms with Crippen LogP contribution in [0, 0.1) is 0 Å². The Morgan fingerprint density at radius 3 is 2.48 bits per heavy atom. The maximum atomic E-state index is 12.1. The molecule has 0 aromatic rings. The van der Waals surface area contributed by atoms with E-state index in [4.69, 9.17) is 10.5 Å². The van der Waals surface area contributed by atoms with Gasteiger partial charge >= 0.3 is 6.09 Å². The van der Waals surface area contributed by atoms with Crippen molar-refractivity contribution in [3.8, 4) is 0 Å². The molecule has 0 saturated heterocycles. The summed E-state index contributed by atoms with van der Waals surface area (Å²) in [4.78, 5) is 23.9. The van der Waals surface area contributed by atoms with E-state index < -0.39 is 17.7 Å². The number of nitrogens with one attached hydrogen (secondary N) is 2. The molecule has 0 rings (SSSR count). The normalized spacial score (nSPS) is 12.6. The highest BCUT2D eigenvalue weighted by molar-refractivity contribution is 7.98. The smallest absolute Gasteiger partial charge is 0.408 e. The topological polar surface area (TPSA) is 93.5 Å². The van der Waals surface area contributed by atoms with E-state index in [1.165, 1.54) is 0 Å². The van der Waals surface area contributed by atoms with Crippen LogP contribution in [0.25, 0.3) is 0 Å². The lowest BCUT2D eigenvalue weighted by Gasteiger charge is -2.23. The van der Waals surface area contributed by atoms with Gasteiger partial charge in [0.25, 0.3) is 0 Å². The van der Waals surface area contributed by atoms with Gasteiger partial charge in [-0.05, 0) is 52.8 Å². The Labute approximate surface area is 131 Å². The summed E-state index contributed by atoms with van der Waals surface area (Å²) < 4.78 is 5.19. The molecule has 0 aliphatic heterocycles. The largest absolute Gasteiger partial charge is 0.444 e. The average Bonchev–Trinajstić information content (AvgIpc) is 2.35. The molecule has 0 saturated carbocycles. The van der Waals surface area contributed by atoms with Crippen molar-refractivity contribution in [3.05, 3.63) is 0 Å². The quantitative estimate of drug-likeness (QED) is 0.560. The van der Waals surface area contributed by atoms with Crippen LogP contribution in [0.15, 0.2) is 0 Å². The number of nitrogens with two attached hydrogens (primary N) is 1. The third-order valence-electron chi connectivity index (χ3n) is 2.56. The van der Waals surface area contributed by atoms with Crippen LogP contribution < -0.4 is 16.4 Å². The van der Waals surface area contributed by atoms with Gasteiger partial charge in [-0.2, -0.15) is 11.8 Å². The van der Waals surface area contributed by atoms with E-state index in [0.29, 0.717) is 19.5 Å². The molecular formula is C14H29N3O3S. The lowest BCUT2D eigenvalue weighted by molar-refractivity contribution is -0.123. The van der Waals surface area contributed by atoms with Crippen molar-refractivity contribution in [2.45, 2.75) is 51.7 Å². The molecule has 1 atom stereocenters. The number of amides is 2. The summed E-state index contributed by atoms with van der Waals surface area (Å²) in [5, 5.41) is 5.46. The lowest BCUT2D eigenvalue weighted by atomic mass is 10.1. The first-order valence-corrected chi connectivity index (χ1v) is 8.65. The zero-order chi connectivity index (χ0) is 16.3. The molecule has 0 bridgehead atoms. The van der Waals surface area contributed by atoms with E-state index in [9.17, 15) is 9.59 Å². The number of hydrogen-bond acceptors (Lipinski definition) is 5. The van der Waals surface area contributed by atoms with E-state index in [2.05, 4.69) is 10.6 Å². The molecule has 0 aliphatic rings. The molecule has 0 aromatic heterocycles. The van der Waals surface area contributed by atoms with Gasteiger partial charge in [0.05, 0.1) is 0 Å². The number of thioether (sulfide) groups is 1. The molecule has 0 spiro atoms. The van der Waals surface area contributed by atoms with E-state index in [1.807, 2.05) is 6.26 Å². The average molecular weight is 319 g/mol. The fourth-order valence-electron chi connectivity index (χ4n) is 1.61. The standard InChI is InChI=1S/C14H29N3O3S/c1-14(2,3)20-13(19)17-11(7-5-6-8-15)12(18)16-9-10-21-4/h11H,5-10,15H2,1-4H3,(H,16,18)(H,17,19). The van der Waals surface area contributed by atoms with Crippen LogP contribution in [-0.2, 0) is 9.53 Å². The van der Waals surface area contributed by atoms with Crippen LogP contribution in [0.3, 0.4) is 0 Å². The van der Waals surface area contributed by atoms with Gasteiger partial charge in [-0.1, -0.05) is 0 Å². The van der Waals surface area contributed by atoms with Gasteiger partial charge in [-0.25, -0.2) is 4.79 Å². The summed E-state index contributed by atoms with van der Waals surface area (Å²) in [6.45, 7) is 6.52. The van der Waals surface area contributed by atoms with Crippen molar-refractivity contribution in [1.82, 2.24) is 10.6 Å². The highest BCUT2D eigenvalue weighted by Gasteiger charge is 2.23. The molecule has 1 unspecified atom stereocenters. The molecule has 124 valence electrons. The maximum Gasteiger partial charge on any atom is 0.408 e. The van der Waals surface area contributed by atoms with Gasteiger partial charge in [0.15, 0.2) is 0 Å². The van der Waals surface area contributed by atoms with Gasteiger partial charge in [0.2, 0.25) is 5.91 Å². The maximum absolute atomic E-state index is 12.1. The van der Waals surface area contributed by atoms with Crippen molar-refractivity contribution in [3.63, 3.8) is 0 Å². The Morgan fingerprint density at radius 1 is 1.29 bits per heavy atom. The second kappa shape index (κ2) is 10.7. The first-order valence-electron chi connectivity index (χ1n) is 7.26. The van der Waals surface area contributed by atoms with Crippen LogP contribution in [0.5, 0.6) is 0 Å². The summed E-state index contributed by atoms with van der Waals surface area (Å²) >= 11 is 1.66. The van der Waals surface area contributed by atoms with Gasteiger partial charge in [-0.3, -0.25) is 4.79 Å². The zero-order valence-electron chi connectivity index (χ0n) is 13.5. The van der Waals surface area contributed by atoms with Gasteiger partial charge in [0, 0.05) is 12.3 Å². The van der Waals surface area contributed by atoms with E-state index in [1.54, 1.807) is 32.5 Å². The van der Waals surface area contributed by atoms with Crippen molar-refractivity contribution in [2.75, 3.05) is 25.1 Å². The fourth-order valence-corrected chi connectivity index (χ4v) is 1.92. The predicted octanol–water partition coefficient (Wildman–Crippen LogP) is 1.49. The summed E-state index contributed by atoms with van der Waals surface area (Å²) in [6.07, 6.45) is 3.57. The predicted molar refractivity (Wildman–Crippen MR) is 87.5 cm³/mol. The number of unbranched alkanes of at least 4 members (excludes halogenated alkanes) is 1. The molecule has 0 aliphatic carbocycles. The summed E-state index contributed by atoms with van der Waals surface area (Å²) in [6, 6.07) is -0.576. The first-order chi connectivity index (χ1) is 9.80. The second-order valence-corrected chi connectivity index (χ2v) is 6.75. The summed E-state index contributed by atoms with van der Waals surface area (Å²) in [7, 11) is 0. The van der Waals surface area contributed by atoms with Crippen LogP contribution >= 0.6 is 11.8 Å². The molecule has 0 heterocycles. The van der Waals surface area contributed by atoms with Crippen molar-refractivity contribution in [1.29, 1.82) is 0 Å². The number of rotatable bonds is 9. The Hall–Kier alpha value is -0.950. The Bertz CT molecular complexity index is 319. The molecule has 0 radical (unpaired) electrons. The van der Waals surface area contributed by atoms with Gasteiger partial charge < -0.3 is 21.1 Å². The first kappa shape index (κ1) is 20.1. The van der Waals surface area contributed by atoms with Crippen LogP contribution in [0.2, 0.25) is 0 Å². The summed E-state index contributed by atoms with van der Waals surface area (Å²) in [5.41, 5.74) is 4.88. The molecule has 7 heteroatoms. The number of carbonyl (C=O) groups is 2. The van der Waals surface area contributed by atoms with Crippen molar-refractivity contribution < 1.29 is 14.3 Å². The number of alkyl carbamates (subject to hydrolysis) is 1. The highest BCUT2D eigenvalue weighted by Crippen LogP contribution is 2.08. The lowest BCUT2D eigenvalue weighted by Crippen LogP contribution is -2.48. The van der Waals surface area contributed by atoms with Crippen molar-refractivity contribution in [2.24, 2.45) is 5.73 Å². The molecular weight excluding hydrogens is 290 g/mol. The fraction of sp³-hybridized carbons (Fsp3) is 0.857. The third kappa shape index (κ3) is 11.4. The Morgan fingerprint density at radius 2 is 1.95 bits per heavy atom. The number of hydrogen-bond donors (Lipinski definition) is 3. The molecule has 4 N–H and O–H groups in total. The second-order valence-electron chi connectivity index (χ2n) is 5.77. The third-order valence-corrected chi connectivity index (χ3v) is 3.17. The van der Waals surface area contributed by atoms with E-state index in [0.717, 1.165) is 18.6 Å². The minimum Gasteiger partial charge on any atom is -0.444 e. The Kier molecular flexibility index (Phi) is 10.2. The number of carbonyl (C=O) groups excluding carboxylic acids is 2. The van der Waals surface area contributed by atoms with E-state index >= 15 is 0 Å². The minimum atomic E-state index is -0.582. The highest BCUT2D eigenvalue weighted by atomic mass is 32.2. The van der Waals surface area contributed by atoms with Crippen molar-refractivity contribution >= 4 is 23.8 Å². The molecule has 0 aromatic carbocycles. The monoisotopic (exact) mass is 319 g/mol. The Balaban J connectivity index is 4.43. The van der Waals surface area contributed by atoms with Crippen LogP contribution in [-0.4, -0.2) is 48.7 Å². The molecule has 21 heavy (non-hydrogen) atoms. The minimum absolute atomic E-state index is 0.174. The molecule has 0 fully saturated rings. The van der Waals surface area contributed by atoms with Gasteiger partial charge in [-0.15, -0.1) is 0 Å².